The quantitative estimate of drug-likeness (QED) is 0.592. The topological polar surface area (TPSA) is 76.0 Å². The minimum absolute atomic E-state index is 0.386. The molecule has 3 aromatic rings. The van der Waals surface area contributed by atoms with Crippen LogP contribution in [-0.4, -0.2) is 25.9 Å². The predicted molar refractivity (Wildman–Crippen MR) is 83.2 cm³/mol. The van der Waals surface area contributed by atoms with Gasteiger partial charge in [-0.1, -0.05) is 17.4 Å². The van der Waals surface area contributed by atoms with Gasteiger partial charge >= 0.3 is 0 Å². The SMILES string of the molecule is C/C(=N\Nc1nnc(-c2ccccn2)s1)c1ccncc1F. The molecule has 22 heavy (non-hydrogen) atoms. The summed E-state index contributed by atoms with van der Waals surface area (Å²) in [6.07, 6.45) is 4.36. The Morgan fingerprint density at radius 3 is 2.91 bits per heavy atom. The lowest BCUT2D eigenvalue weighted by molar-refractivity contribution is 0.618. The van der Waals surface area contributed by atoms with E-state index in [9.17, 15) is 4.39 Å². The Kier molecular flexibility index (Phi) is 4.10. The fourth-order valence-electron chi connectivity index (χ4n) is 1.72. The van der Waals surface area contributed by atoms with Gasteiger partial charge in [-0.3, -0.25) is 15.4 Å². The van der Waals surface area contributed by atoms with Crippen LogP contribution < -0.4 is 5.43 Å². The third-order valence-electron chi connectivity index (χ3n) is 2.79. The molecule has 0 bridgehead atoms. The Bertz CT molecular complexity index is 802. The van der Waals surface area contributed by atoms with Gasteiger partial charge in [0.2, 0.25) is 5.13 Å². The van der Waals surface area contributed by atoms with Crippen molar-refractivity contribution in [2.75, 3.05) is 5.43 Å². The van der Waals surface area contributed by atoms with E-state index in [-0.39, 0.29) is 0 Å². The number of rotatable bonds is 4. The molecule has 0 aromatic carbocycles. The van der Waals surface area contributed by atoms with E-state index >= 15 is 0 Å². The summed E-state index contributed by atoms with van der Waals surface area (Å²) in [5, 5.41) is 13.3. The Labute approximate surface area is 129 Å². The van der Waals surface area contributed by atoms with Crippen molar-refractivity contribution in [2.45, 2.75) is 6.92 Å². The van der Waals surface area contributed by atoms with Crippen LogP contribution in [0.1, 0.15) is 12.5 Å². The van der Waals surface area contributed by atoms with E-state index in [1.165, 1.54) is 17.5 Å². The maximum Gasteiger partial charge on any atom is 0.226 e. The molecule has 0 aliphatic heterocycles. The maximum atomic E-state index is 13.6. The van der Waals surface area contributed by atoms with Crippen LogP contribution >= 0.6 is 11.3 Å². The van der Waals surface area contributed by atoms with E-state index in [1.807, 2.05) is 18.2 Å². The van der Waals surface area contributed by atoms with Crippen LogP contribution in [0, 0.1) is 5.82 Å². The zero-order valence-corrected chi connectivity index (χ0v) is 12.4. The summed E-state index contributed by atoms with van der Waals surface area (Å²) in [5.74, 6) is -0.419. The highest BCUT2D eigenvalue weighted by molar-refractivity contribution is 7.18. The lowest BCUT2D eigenvalue weighted by Crippen LogP contribution is -2.02. The molecule has 0 spiro atoms. The molecule has 3 heterocycles. The minimum Gasteiger partial charge on any atom is -0.262 e. The van der Waals surface area contributed by atoms with Gasteiger partial charge in [-0.25, -0.2) is 4.39 Å². The second kappa shape index (κ2) is 6.35. The summed E-state index contributed by atoms with van der Waals surface area (Å²) in [4.78, 5) is 7.91. The number of hydrazone groups is 1. The van der Waals surface area contributed by atoms with E-state index in [1.54, 1.807) is 19.2 Å². The number of aromatic nitrogens is 4. The molecule has 0 atom stereocenters. The lowest BCUT2D eigenvalue weighted by atomic mass is 10.2. The monoisotopic (exact) mass is 314 g/mol. The zero-order chi connectivity index (χ0) is 15.4. The molecule has 6 nitrogen and oxygen atoms in total. The number of nitrogens with one attached hydrogen (secondary N) is 1. The summed E-state index contributed by atoms with van der Waals surface area (Å²) in [6, 6.07) is 7.13. The molecular weight excluding hydrogens is 303 g/mol. The summed E-state index contributed by atoms with van der Waals surface area (Å²) >= 11 is 1.32. The number of pyridine rings is 2. The summed E-state index contributed by atoms with van der Waals surface area (Å²) in [6.45, 7) is 1.70. The van der Waals surface area contributed by atoms with Gasteiger partial charge < -0.3 is 0 Å². The van der Waals surface area contributed by atoms with Crippen molar-refractivity contribution in [3.8, 4) is 10.7 Å². The molecule has 0 fully saturated rings. The first-order chi connectivity index (χ1) is 10.7. The molecule has 3 aromatic heterocycles. The Balaban J connectivity index is 1.76. The first-order valence-corrected chi connectivity index (χ1v) is 7.21. The molecule has 0 radical (unpaired) electrons. The standard InChI is InChI=1S/C14H11FN6S/c1-9(10-5-7-16-8-11(10)15)18-20-14-21-19-13(22-14)12-4-2-3-6-17-12/h2-8H,1H3,(H,20,21)/b18-9+. The smallest absolute Gasteiger partial charge is 0.226 e. The third-order valence-corrected chi connectivity index (χ3v) is 3.64. The van der Waals surface area contributed by atoms with Crippen LogP contribution in [0.5, 0.6) is 0 Å². The second-order valence-corrected chi connectivity index (χ2v) is 5.27. The molecule has 8 heteroatoms. The fraction of sp³-hybridized carbons (Fsp3) is 0.0714. The Morgan fingerprint density at radius 2 is 2.14 bits per heavy atom. The number of halogens is 1. The van der Waals surface area contributed by atoms with Crippen LogP contribution in [0.15, 0.2) is 48.0 Å². The number of nitrogens with zero attached hydrogens (tertiary/aromatic N) is 5. The fourth-order valence-corrected chi connectivity index (χ4v) is 2.38. The molecular formula is C14H11FN6S. The van der Waals surface area contributed by atoms with Gasteiger partial charge in [0.1, 0.15) is 5.69 Å². The average Bonchev–Trinajstić information content (AvgIpc) is 3.03. The summed E-state index contributed by atoms with van der Waals surface area (Å²) < 4.78 is 13.6. The zero-order valence-electron chi connectivity index (χ0n) is 11.6. The molecule has 110 valence electrons. The van der Waals surface area contributed by atoms with Crippen LogP contribution in [0.25, 0.3) is 10.7 Å². The highest BCUT2D eigenvalue weighted by Crippen LogP contribution is 2.24. The second-order valence-electron chi connectivity index (χ2n) is 4.29. The summed E-state index contributed by atoms with van der Waals surface area (Å²) in [7, 11) is 0. The first-order valence-electron chi connectivity index (χ1n) is 6.39. The van der Waals surface area contributed by atoms with Crippen molar-refractivity contribution >= 4 is 22.2 Å². The summed E-state index contributed by atoms with van der Waals surface area (Å²) in [5.41, 5.74) is 4.40. The third kappa shape index (κ3) is 3.12. The van der Waals surface area contributed by atoms with Crippen molar-refractivity contribution in [3.05, 3.63) is 54.2 Å². The van der Waals surface area contributed by atoms with Gasteiger partial charge in [-0.15, -0.1) is 10.2 Å². The van der Waals surface area contributed by atoms with Gasteiger partial charge in [-0.2, -0.15) is 5.10 Å². The minimum atomic E-state index is -0.419. The van der Waals surface area contributed by atoms with Crippen molar-refractivity contribution in [1.82, 2.24) is 20.2 Å². The molecule has 0 unspecified atom stereocenters. The van der Waals surface area contributed by atoms with E-state index < -0.39 is 5.82 Å². The highest BCUT2D eigenvalue weighted by atomic mass is 32.1. The molecule has 0 amide bonds. The van der Waals surface area contributed by atoms with Gasteiger partial charge in [0.25, 0.3) is 0 Å². The van der Waals surface area contributed by atoms with Crippen LogP contribution in [0.3, 0.4) is 0 Å². The van der Waals surface area contributed by atoms with E-state index in [4.69, 9.17) is 0 Å². The number of hydrogen-bond acceptors (Lipinski definition) is 7. The Hall–Kier alpha value is -2.74. The van der Waals surface area contributed by atoms with Crippen LogP contribution in [0.4, 0.5) is 9.52 Å². The molecule has 0 saturated heterocycles. The van der Waals surface area contributed by atoms with E-state index in [2.05, 4.69) is 30.7 Å². The van der Waals surface area contributed by atoms with Gasteiger partial charge in [-0.05, 0) is 25.1 Å². The van der Waals surface area contributed by atoms with Crippen LogP contribution in [0.2, 0.25) is 0 Å². The van der Waals surface area contributed by atoms with E-state index in [0.717, 1.165) is 11.9 Å². The predicted octanol–water partition coefficient (Wildman–Crippen LogP) is 2.97. The van der Waals surface area contributed by atoms with Gasteiger partial charge in [0, 0.05) is 18.0 Å². The molecule has 0 saturated carbocycles. The van der Waals surface area contributed by atoms with Crippen molar-refractivity contribution in [2.24, 2.45) is 5.10 Å². The Morgan fingerprint density at radius 1 is 1.23 bits per heavy atom. The normalized spacial score (nSPS) is 11.5. The van der Waals surface area contributed by atoms with Crippen LogP contribution in [-0.2, 0) is 0 Å². The molecule has 1 N–H and O–H groups in total. The van der Waals surface area contributed by atoms with Gasteiger partial charge in [0.15, 0.2) is 10.8 Å². The largest absolute Gasteiger partial charge is 0.262 e. The van der Waals surface area contributed by atoms with Crippen molar-refractivity contribution < 1.29 is 4.39 Å². The highest BCUT2D eigenvalue weighted by Gasteiger charge is 2.08. The number of anilines is 1. The molecule has 3 rings (SSSR count). The maximum absolute atomic E-state index is 13.6. The van der Waals surface area contributed by atoms with Crippen molar-refractivity contribution in [1.29, 1.82) is 0 Å². The van der Waals surface area contributed by atoms with Gasteiger partial charge in [0.05, 0.1) is 11.9 Å². The van der Waals surface area contributed by atoms with Crippen molar-refractivity contribution in [3.63, 3.8) is 0 Å². The first kappa shape index (κ1) is 14.2. The average molecular weight is 314 g/mol. The lowest BCUT2D eigenvalue weighted by Gasteiger charge is -2.01. The number of hydrogen-bond donors (Lipinski definition) is 1. The molecule has 0 aliphatic carbocycles. The van der Waals surface area contributed by atoms with E-state index in [0.29, 0.717) is 21.4 Å². The molecule has 0 aliphatic rings.